The second-order valence-electron chi connectivity index (χ2n) is 5.32. The number of hydrogen-bond donors (Lipinski definition) is 2. The molecule has 0 radical (unpaired) electrons. The Bertz CT molecular complexity index is 553. The van der Waals surface area contributed by atoms with Crippen LogP contribution in [0.3, 0.4) is 0 Å². The molecule has 0 bridgehead atoms. The van der Waals surface area contributed by atoms with E-state index in [2.05, 4.69) is 17.2 Å². The predicted octanol–water partition coefficient (Wildman–Crippen LogP) is 3.16. The van der Waals surface area contributed by atoms with Gasteiger partial charge in [0.15, 0.2) is 0 Å². The maximum Gasteiger partial charge on any atom is 0.125 e. The quantitative estimate of drug-likeness (QED) is 0.837. The average molecular weight is 246 g/mol. The molecule has 1 aromatic carbocycles. The fourth-order valence-electron chi connectivity index (χ4n) is 3.00. The van der Waals surface area contributed by atoms with Gasteiger partial charge < -0.3 is 10.3 Å². The van der Waals surface area contributed by atoms with Crippen molar-refractivity contribution in [3.05, 3.63) is 35.3 Å². The lowest BCUT2D eigenvalue weighted by Crippen LogP contribution is -2.28. The lowest BCUT2D eigenvalue weighted by atomic mass is 9.90. The topological polar surface area (TPSA) is 27.8 Å². The van der Waals surface area contributed by atoms with Crippen molar-refractivity contribution in [2.24, 2.45) is 5.92 Å². The minimum absolute atomic E-state index is 0.169. The molecule has 3 rings (SSSR count). The van der Waals surface area contributed by atoms with Gasteiger partial charge in [0.05, 0.1) is 0 Å². The highest BCUT2D eigenvalue weighted by molar-refractivity contribution is 5.84. The number of rotatable bonds is 2. The van der Waals surface area contributed by atoms with Gasteiger partial charge in [0, 0.05) is 16.6 Å². The SMILES string of the molecule is Cc1[nH]c2cc(F)ccc2c1CC1CCNCC1. The molecule has 0 saturated carbocycles. The van der Waals surface area contributed by atoms with E-state index < -0.39 is 0 Å². The number of halogens is 1. The van der Waals surface area contributed by atoms with Crippen LogP contribution in [0.2, 0.25) is 0 Å². The molecule has 0 amide bonds. The smallest absolute Gasteiger partial charge is 0.125 e. The molecule has 1 saturated heterocycles. The molecule has 2 N–H and O–H groups in total. The lowest BCUT2D eigenvalue weighted by molar-refractivity contribution is 0.373. The van der Waals surface area contributed by atoms with Gasteiger partial charge in [-0.2, -0.15) is 0 Å². The molecule has 1 aliphatic rings. The number of nitrogens with one attached hydrogen (secondary N) is 2. The zero-order chi connectivity index (χ0) is 12.5. The van der Waals surface area contributed by atoms with Crippen molar-refractivity contribution in [2.45, 2.75) is 26.2 Å². The number of H-pyrrole nitrogens is 1. The Morgan fingerprint density at radius 1 is 1.28 bits per heavy atom. The number of aromatic amines is 1. The highest BCUT2D eigenvalue weighted by Gasteiger charge is 2.17. The van der Waals surface area contributed by atoms with Crippen LogP contribution in [0.15, 0.2) is 18.2 Å². The zero-order valence-electron chi connectivity index (χ0n) is 10.7. The van der Waals surface area contributed by atoms with Crippen LogP contribution in [0.1, 0.15) is 24.1 Å². The summed E-state index contributed by atoms with van der Waals surface area (Å²) in [5.41, 5.74) is 3.49. The van der Waals surface area contributed by atoms with E-state index in [0.29, 0.717) is 0 Å². The summed E-state index contributed by atoms with van der Waals surface area (Å²) in [5, 5.41) is 4.58. The predicted molar refractivity (Wildman–Crippen MR) is 72.3 cm³/mol. The van der Waals surface area contributed by atoms with Gasteiger partial charge >= 0.3 is 0 Å². The molecule has 2 nitrogen and oxygen atoms in total. The maximum atomic E-state index is 13.2. The summed E-state index contributed by atoms with van der Waals surface area (Å²) in [6.07, 6.45) is 3.60. The zero-order valence-corrected chi connectivity index (χ0v) is 10.7. The summed E-state index contributed by atoms with van der Waals surface area (Å²) in [7, 11) is 0. The molecule has 96 valence electrons. The van der Waals surface area contributed by atoms with E-state index in [9.17, 15) is 4.39 Å². The van der Waals surface area contributed by atoms with E-state index in [4.69, 9.17) is 0 Å². The van der Waals surface area contributed by atoms with E-state index in [0.717, 1.165) is 30.9 Å². The second-order valence-corrected chi connectivity index (χ2v) is 5.32. The maximum absolute atomic E-state index is 13.2. The first kappa shape index (κ1) is 11.7. The Hall–Kier alpha value is -1.35. The molecule has 1 fully saturated rings. The number of aryl methyl sites for hydroxylation is 1. The lowest BCUT2D eigenvalue weighted by Gasteiger charge is -2.22. The summed E-state index contributed by atoms with van der Waals surface area (Å²) in [6, 6.07) is 5.06. The van der Waals surface area contributed by atoms with Gasteiger partial charge in [-0.1, -0.05) is 0 Å². The third-order valence-corrected chi connectivity index (χ3v) is 4.03. The summed E-state index contributed by atoms with van der Waals surface area (Å²) in [5.74, 6) is 0.589. The van der Waals surface area contributed by atoms with E-state index >= 15 is 0 Å². The van der Waals surface area contributed by atoms with Crippen LogP contribution in [0.4, 0.5) is 4.39 Å². The summed E-state index contributed by atoms with van der Waals surface area (Å²) >= 11 is 0. The molecule has 0 unspecified atom stereocenters. The fourth-order valence-corrected chi connectivity index (χ4v) is 3.00. The van der Waals surface area contributed by atoms with Gasteiger partial charge in [-0.3, -0.25) is 0 Å². The molecule has 18 heavy (non-hydrogen) atoms. The van der Waals surface area contributed by atoms with Crippen LogP contribution in [-0.4, -0.2) is 18.1 Å². The van der Waals surface area contributed by atoms with E-state index in [1.54, 1.807) is 12.1 Å². The second kappa shape index (κ2) is 4.73. The fraction of sp³-hybridized carbons (Fsp3) is 0.467. The third kappa shape index (κ3) is 2.15. The summed E-state index contributed by atoms with van der Waals surface area (Å²) < 4.78 is 13.2. The molecular formula is C15H19FN2. The van der Waals surface area contributed by atoms with Gasteiger partial charge in [-0.15, -0.1) is 0 Å². The largest absolute Gasteiger partial charge is 0.358 e. The van der Waals surface area contributed by atoms with Crippen LogP contribution >= 0.6 is 0 Å². The number of benzene rings is 1. The van der Waals surface area contributed by atoms with Crippen molar-refractivity contribution in [1.82, 2.24) is 10.3 Å². The Morgan fingerprint density at radius 2 is 2.06 bits per heavy atom. The first-order valence-corrected chi connectivity index (χ1v) is 6.71. The van der Waals surface area contributed by atoms with Gasteiger partial charge in [0.1, 0.15) is 5.82 Å². The van der Waals surface area contributed by atoms with Gasteiger partial charge in [-0.05, 0) is 69.0 Å². The minimum Gasteiger partial charge on any atom is -0.358 e. The van der Waals surface area contributed by atoms with Crippen LogP contribution < -0.4 is 5.32 Å². The van der Waals surface area contributed by atoms with Crippen LogP contribution in [0.25, 0.3) is 10.9 Å². The normalized spacial score (nSPS) is 17.4. The number of aromatic nitrogens is 1. The molecule has 0 spiro atoms. The average Bonchev–Trinajstić information content (AvgIpc) is 2.66. The van der Waals surface area contributed by atoms with Crippen molar-refractivity contribution in [3.63, 3.8) is 0 Å². The van der Waals surface area contributed by atoms with E-state index in [1.165, 1.54) is 29.5 Å². The highest BCUT2D eigenvalue weighted by atomic mass is 19.1. The van der Waals surface area contributed by atoms with Gasteiger partial charge in [0.2, 0.25) is 0 Å². The van der Waals surface area contributed by atoms with Crippen molar-refractivity contribution >= 4 is 10.9 Å². The van der Waals surface area contributed by atoms with Gasteiger partial charge in [0.25, 0.3) is 0 Å². The monoisotopic (exact) mass is 246 g/mol. The molecule has 1 aliphatic heterocycles. The third-order valence-electron chi connectivity index (χ3n) is 4.03. The van der Waals surface area contributed by atoms with Crippen LogP contribution in [0.5, 0.6) is 0 Å². The van der Waals surface area contributed by atoms with E-state index in [-0.39, 0.29) is 5.82 Å². The summed E-state index contributed by atoms with van der Waals surface area (Å²) in [4.78, 5) is 3.30. The molecule has 3 heteroatoms. The molecule has 2 aromatic rings. The Kier molecular flexibility index (Phi) is 3.08. The van der Waals surface area contributed by atoms with E-state index in [1.807, 2.05) is 6.07 Å². The molecular weight excluding hydrogens is 227 g/mol. The Morgan fingerprint density at radius 3 is 2.83 bits per heavy atom. The Labute approximate surface area is 107 Å². The minimum atomic E-state index is -0.169. The van der Waals surface area contributed by atoms with Crippen LogP contribution in [0, 0.1) is 18.7 Å². The number of fused-ring (bicyclic) bond motifs is 1. The van der Waals surface area contributed by atoms with Crippen LogP contribution in [-0.2, 0) is 6.42 Å². The van der Waals surface area contributed by atoms with Crippen molar-refractivity contribution in [2.75, 3.05) is 13.1 Å². The Balaban J connectivity index is 1.92. The first-order valence-electron chi connectivity index (χ1n) is 6.71. The van der Waals surface area contributed by atoms with Crippen molar-refractivity contribution in [1.29, 1.82) is 0 Å². The molecule has 1 aromatic heterocycles. The highest BCUT2D eigenvalue weighted by Crippen LogP contribution is 2.27. The van der Waals surface area contributed by atoms with Gasteiger partial charge in [-0.25, -0.2) is 4.39 Å². The first-order chi connectivity index (χ1) is 8.74. The number of piperidine rings is 1. The molecule has 0 aliphatic carbocycles. The standard InChI is InChI=1S/C15H19FN2/c1-10-14(8-11-4-6-17-7-5-11)13-3-2-12(16)9-15(13)18-10/h2-3,9,11,17-18H,4-8H2,1H3. The van der Waals surface area contributed by atoms with Crippen molar-refractivity contribution < 1.29 is 4.39 Å². The molecule has 2 heterocycles. The molecule has 0 atom stereocenters. The summed E-state index contributed by atoms with van der Waals surface area (Å²) in [6.45, 7) is 4.34. The van der Waals surface area contributed by atoms with Crippen molar-refractivity contribution in [3.8, 4) is 0 Å². The number of hydrogen-bond acceptors (Lipinski definition) is 1.